The first-order valence-electron chi connectivity index (χ1n) is 15.0. The molecule has 3 aliphatic rings. The highest BCUT2D eigenvalue weighted by Crippen LogP contribution is 2.42. The lowest BCUT2D eigenvalue weighted by atomic mass is 9.94. The number of hydrogen-bond acceptors (Lipinski definition) is 9. The second-order valence-electron chi connectivity index (χ2n) is 12.4. The number of hydrogen-bond donors (Lipinski definition) is 2. The smallest absolute Gasteiger partial charge is 0.319 e. The first-order chi connectivity index (χ1) is 21.4. The normalized spacial score (nSPS) is 22.3. The van der Waals surface area contributed by atoms with Crippen LogP contribution in [0.2, 0.25) is 0 Å². The lowest BCUT2D eigenvalue weighted by molar-refractivity contribution is 0.107. The quantitative estimate of drug-likeness (QED) is 0.292. The summed E-state index contributed by atoms with van der Waals surface area (Å²) in [6, 6.07) is 5.58. The number of sulfonamides is 1. The molecule has 2 aromatic heterocycles. The van der Waals surface area contributed by atoms with E-state index in [1.165, 1.54) is 30.5 Å². The Hall–Kier alpha value is -3.75. The van der Waals surface area contributed by atoms with Gasteiger partial charge >= 0.3 is 6.01 Å². The maximum absolute atomic E-state index is 16.6. The summed E-state index contributed by atoms with van der Waals surface area (Å²) in [7, 11) is -3.68. The molecule has 5 heterocycles. The van der Waals surface area contributed by atoms with Crippen molar-refractivity contribution < 1.29 is 31.4 Å². The highest BCUT2D eigenvalue weighted by Gasteiger charge is 2.49. The van der Waals surface area contributed by atoms with E-state index in [1.807, 2.05) is 0 Å². The second-order valence-corrected chi connectivity index (χ2v) is 14.1. The Morgan fingerprint density at radius 1 is 1.18 bits per heavy atom. The van der Waals surface area contributed by atoms with Crippen molar-refractivity contribution in [1.29, 1.82) is 0 Å². The van der Waals surface area contributed by atoms with Crippen molar-refractivity contribution in [1.82, 2.24) is 19.9 Å². The highest BCUT2D eigenvalue weighted by molar-refractivity contribution is 7.89. The summed E-state index contributed by atoms with van der Waals surface area (Å²) in [5.74, 6) is -1.52. The van der Waals surface area contributed by atoms with E-state index in [1.54, 1.807) is 11.8 Å². The average molecular weight is 643 g/mol. The molecule has 7 rings (SSSR count). The number of nitrogens with two attached hydrogens (primary N) is 1. The summed E-state index contributed by atoms with van der Waals surface area (Å²) < 4.78 is 75.3. The Balaban J connectivity index is 1.34. The molecule has 3 fully saturated rings. The van der Waals surface area contributed by atoms with E-state index in [2.05, 4.69) is 19.9 Å². The van der Waals surface area contributed by atoms with Crippen LogP contribution >= 0.6 is 0 Å². The van der Waals surface area contributed by atoms with Gasteiger partial charge in [-0.25, -0.2) is 26.7 Å². The molecule has 0 unspecified atom stereocenters. The standard InChI is InChI=1S/C31H33F3N6O4S/c1-2-21-24(33)5-4-18-8-20(41)9-22(25(18)21)27-26(34)28-23(11-36-27)29(39-12-17(13-39)15-45(35,42)43)38-30(37-28)44-16-31-6-3-7-40(31)14-19(32)10-31/h4-5,8-9,11,17,19,41H,2-3,6-7,10,12-16H2,1H3,(H2,35,42,43)/t19-,31+/m1/s1. The molecule has 0 aliphatic carbocycles. The van der Waals surface area contributed by atoms with E-state index in [4.69, 9.17) is 9.88 Å². The summed E-state index contributed by atoms with van der Waals surface area (Å²) >= 11 is 0. The zero-order valence-electron chi connectivity index (χ0n) is 24.6. The van der Waals surface area contributed by atoms with E-state index in [9.17, 15) is 22.3 Å². The maximum Gasteiger partial charge on any atom is 0.319 e. The number of aromatic nitrogens is 3. The summed E-state index contributed by atoms with van der Waals surface area (Å²) in [5, 5.41) is 17.0. The first kappa shape index (κ1) is 29.9. The van der Waals surface area contributed by atoms with Crippen molar-refractivity contribution in [2.24, 2.45) is 11.1 Å². The largest absolute Gasteiger partial charge is 0.508 e. The number of pyridine rings is 1. The van der Waals surface area contributed by atoms with Crippen LogP contribution in [-0.4, -0.2) is 83.6 Å². The van der Waals surface area contributed by atoms with Gasteiger partial charge in [0.1, 0.15) is 41.4 Å². The van der Waals surface area contributed by atoms with E-state index in [0.717, 1.165) is 19.4 Å². The minimum Gasteiger partial charge on any atom is -0.508 e. The number of ether oxygens (including phenoxy) is 1. The fraction of sp³-hybridized carbons (Fsp3) is 0.452. The molecule has 0 bridgehead atoms. The fourth-order valence-electron chi connectivity index (χ4n) is 7.37. The van der Waals surface area contributed by atoms with Crippen molar-refractivity contribution in [2.45, 2.75) is 44.3 Å². The molecular weight excluding hydrogens is 609 g/mol. The van der Waals surface area contributed by atoms with Gasteiger partial charge in [-0.2, -0.15) is 9.97 Å². The topological polar surface area (TPSA) is 135 Å². The number of halogens is 3. The van der Waals surface area contributed by atoms with E-state index < -0.39 is 33.4 Å². The molecule has 2 atom stereocenters. The summed E-state index contributed by atoms with van der Waals surface area (Å²) in [6.07, 6.45) is 2.80. The van der Waals surface area contributed by atoms with E-state index in [0.29, 0.717) is 54.6 Å². The zero-order valence-corrected chi connectivity index (χ0v) is 25.5. The molecule has 0 radical (unpaired) electrons. The lowest BCUT2D eigenvalue weighted by Gasteiger charge is -2.40. The van der Waals surface area contributed by atoms with Gasteiger partial charge in [0.15, 0.2) is 5.82 Å². The number of alkyl halides is 1. The Kier molecular flexibility index (Phi) is 7.28. The SMILES string of the molecule is CCc1c(F)ccc2cc(O)cc(-c3ncc4c(N5CC(CS(N)(=O)=O)C5)nc(OC[C@@]56CCCN5C[C@H](F)C6)nc4c3F)c12. The Labute approximate surface area is 258 Å². The molecule has 14 heteroatoms. The van der Waals surface area contributed by atoms with Crippen LogP contribution in [0.5, 0.6) is 11.8 Å². The average Bonchev–Trinajstić information content (AvgIpc) is 3.49. The highest BCUT2D eigenvalue weighted by atomic mass is 32.2. The van der Waals surface area contributed by atoms with Crippen LogP contribution in [-0.2, 0) is 16.4 Å². The molecule has 45 heavy (non-hydrogen) atoms. The molecule has 3 N–H and O–H groups in total. The summed E-state index contributed by atoms with van der Waals surface area (Å²) in [5.41, 5.74) is -0.150. The lowest BCUT2D eigenvalue weighted by Crippen LogP contribution is -2.50. The third kappa shape index (κ3) is 5.32. The molecular formula is C31H33F3N6O4S. The molecule has 0 amide bonds. The van der Waals surface area contributed by atoms with Crippen LogP contribution in [0.25, 0.3) is 32.9 Å². The van der Waals surface area contributed by atoms with E-state index >= 15 is 4.39 Å². The first-order valence-corrected chi connectivity index (χ1v) is 16.7. The number of anilines is 1. The third-order valence-corrected chi connectivity index (χ3v) is 10.3. The van der Waals surface area contributed by atoms with Gasteiger partial charge in [-0.05, 0) is 60.3 Å². The number of aryl methyl sites for hydroxylation is 1. The van der Waals surface area contributed by atoms with Gasteiger partial charge in [-0.15, -0.1) is 0 Å². The molecule has 0 spiro atoms. The number of phenolic OH excluding ortho intramolecular Hbond substituents is 1. The van der Waals surface area contributed by atoms with Gasteiger partial charge in [-0.1, -0.05) is 13.0 Å². The summed E-state index contributed by atoms with van der Waals surface area (Å²) in [6.45, 7) is 3.65. The molecule has 10 nitrogen and oxygen atoms in total. The minimum absolute atomic E-state index is 0.101. The monoisotopic (exact) mass is 642 g/mol. The van der Waals surface area contributed by atoms with Crippen molar-refractivity contribution >= 4 is 37.5 Å². The van der Waals surface area contributed by atoms with Crippen LogP contribution in [0.1, 0.15) is 31.7 Å². The van der Waals surface area contributed by atoms with Crippen LogP contribution in [0.15, 0.2) is 30.5 Å². The number of benzene rings is 2. The number of nitrogens with zero attached hydrogens (tertiary/aromatic N) is 5. The Morgan fingerprint density at radius 3 is 2.73 bits per heavy atom. The van der Waals surface area contributed by atoms with E-state index in [-0.39, 0.29) is 52.2 Å². The molecule has 2 aromatic carbocycles. The second kappa shape index (κ2) is 11.0. The van der Waals surface area contributed by atoms with Crippen molar-refractivity contribution in [3.8, 4) is 23.0 Å². The van der Waals surface area contributed by atoms with Gasteiger partial charge in [0.2, 0.25) is 10.0 Å². The third-order valence-electron chi connectivity index (χ3n) is 9.36. The number of fused-ring (bicyclic) bond motifs is 3. The van der Waals surface area contributed by atoms with Crippen LogP contribution in [0.4, 0.5) is 19.0 Å². The minimum atomic E-state index is -3.68. The number of phenols is 1. The Morgan fingerprint density at radius 2 is 1.98 bits per heavy atom. The molecule has 3 saturated heterocycles. The predicted octanol–water partition coefficient (Wildman–Crippen LogP) is 4.07. The van der Waals surface area contributed by atoms with Crippen molar-refractivity contribution in [3.05, 3.63) is 47.7 Å². The van der Waals surface area contributed by atoms with Crippen LogP contribution < -0.4 is 14.8 Å². The number of primary sulfonamides is 1. The maximum atomic E-state index is 16.6. The predicted molar refractivity (Wildman–Crippen MR) is 163 cm³/mol. The Bertz CT molecular complexity index is 1940. The molecule has 3 aliphatic heterocycles. The van der Waals surface area contributed by atoms with Gasteiger partial charge < -0.3 is 14.7 Å². The van der Waals surface area contributed by atoms with Crippen LogP contribution in [0, 0.1) is 17.6 Å². The van der Waals surface area contributed by atoms with Gasteiger partial charge in [0, 0.05) is 43.7 Å². The molecule has 238 valence electrons. The van der Waals surface area contributed by atoms with Crippen LogP contribution in [0.3, 0.4) is 0 Å². The van der Waals surface area contributed by atoms with Gasteiger partial charge in [0.05, 0.1) is 16.7 Å². The fourth-order valence-corrected chi connectivity index (χ4v) is 8.24. The summed E-state index contributed by atoms with van der Waals surface area (Å²) in [4.78, 5) is 17.3. The number of rotatable bonds is 8. The van der Waals surface area contributed by atoms with Crippen molar-refractivity contribution in [2.75, 3.05) is 43.4 Å². The number of aromatic hydroxyl groups is 1. The van der Waals surface area contributed by atoms with Gasteiger partial charge in [0.25, 0.3) is 0 Å². The van der Waals surface area contributed by atoms with Crippen molar-refractivity contribution in [3.63, 3.8) is 0 Å². The molecule has 0 saturated carbocycles. The van der Waals surface area contributed by atoms with Gasteiger partial charge in [-0.3, -0.25) is 9.88 Å². The molecule has 4 aromatic rings. The zero-order chi connectivity index (χ0) is 31.7.